The minimum absolute atomic E-state index is 0.0455. The third-order valence-electron chi connectivity index (χ3n) is 5.86. The number of aromatic carboxylic acids is 1. The fraction of sp³-hybridized carbons (Fsp3) is 0.0385. The lowest BCUT2D eigenvalue weighted by atomic mass is 9.84. The van der Waals surface area contributed by atoms with Crippen molar-refractivity contribution >= 4 is 27.9 Å². The fourth-order valence-electron chi connectivity index (χ4n) is 4.18. The number of carboxylic acids is 1. The molecule has 3 aromatic carbocycles. The van der Waals surface area contributed by atoms with Crippen LogP contribution in [0.1, 0.15) is 33.0 Å². The van der Waals surface area contributed by atoms with Gasteiger partial charge in [0.25, 0.3) is 0 Å². The second kappa shape index (κ2) is 8.20. The zero-order valence-electron chi connectivity index (χ0n) is 18.1. The van der Waals surface area contributed by atoms with Crippen LogP contribution >= 0.6 is 0 Å². The molecule has 180 valence electrons. The van der Waals surface area contributed by atoms with E-state index >= 15 is 0 Å². The lowest BCUT2D eigenvalue weighted by molar-refractivity contribution is 0.0697. The van der Waals surface area contributed by atoms with Crippen LogP contribution in [0.5, 0.6) is 23.0 Å². The van der Waals surface area contributed by atoms with Crippen LogP contribution in [0.3, 0.4) is 0 Å². The SMILES string of the molecule is O=C(O)c1ccc(C(c2c(O)c3ccc(O)cc3oc2=O)c2c(O)c3ccc(O)cc3oc2=O)cc1. The predicted molar refractivity (Wildman–Crippen MR) is 126 cm³/mol. The van der Waals surface area contributed by atoms with E-state index in [0.29, 0.717) is 0 Å². The summed E-state index contributed by atoms with van der Waals surface area (Å²) in [5.74, 6) is -4.23. The van der Waals surface area contributed by atoms with Gasteiger partial charge < -0.3 is 34.4 Å². The van der Waals surface area contributed by atoms with Gasteiger partial charge in [-0.05, 0) is 42.0 Å². The Morgan fingerprint density at radius 1 is 0.667 bits per heavy atom. The van der Waals surface area contributed by atoms with Crippen molar-refractivity contribution in [3.8, 4) is 23.0 Å². The van der Waals surface area contributed by atoms with Gasteiger partial charge in [0, 0.05) is 12.1 Å². The number of rotatable bonds is 4. The van der Waals surface area contributed by atoms with Crippen LogP contribution in [-0.4, -0.2) is 31.5 Å². The Balaban J connectivity index is 1.88. The average Bonchev–Trinajstić information content (AvgIpc) is 2.82. The number of phenolic OH excluding ortho intramolecular Hbond substituents is 2. The van der Waals surface area contributed by atoms with Gasteiger partial charge in [0.05, 0.1) is 33.4 Å². The van der Waals surface area contributed by atoms with E-state index in [4.69, 9.17) is 8.83 Å². The van der Waals surface area contributed by atoms with Gasteiger partial charge in [-0.15, -0.1) is 0 Å². The number of hydrogen-bond donors (Lipinski definition) is 5. The zero-order chi connectivity index (χ0) is 25.7. The molecule has 0 atom stereocenters. The molecule has 2 heterocycles. The van der Waals surface area contributed by atoms with E-state index in [1.165, 1.54) is 48.5 Å². The van der Waals surface area contributed by atoms with E-state index in [1.54, 1.807) is 0 Å². The second-order valence-corrected chi connectivity index (χ2v) is 8.02. The highest BCUT2D eigenvalue weighted by Crippen LogP contribution is 2.42. The second-order valence-electron chi connectivity index (χ2n) is 8.02. The first-order chi connectivity index (χ1) is 17.2. The van der Waals surface area contributed by atoms with Crippen LogP contribution in [-0.2, 0) is 0 Å². The number of aromatic hydroxyl groups is 4. The minimum Gasteiger partial charge on any atom is -0.508 e. The van der Waals surface area contributed by atoms with Gasteiger partial charge in [0.1, 0.15) is 34.2 Å². The Morgan fingerprint density at radius 3 is 1.53 bits per heavy atom. The smallest absolute Gasteiger partial charge is 0.344 e. The number of fused-ring (bicyclic) bond motifs is 2. The maximum Gasteiger partial charge on any atom is 0.344 e. The molecular weight excluding hydrogens is 472 g/mol. The summed E-state index contributed by atoms with van der Waals surface area (Å²) in [7, 11) is 0. The molecule has 0 unspecified atom stereocenters. The lowest BCUT2D eigenvalue weighted by Gasteiger charge is -2.20. The summed E-state index contributed by atoms with van der Waals surface area (Å²) < 4.78 is 10.6. The van der Waals surface area contributed by atoms with Gasteiger partial charge >= 0.3 is 17.2 Å². The highest BCUT2D eigenvalue weighted by atomic mass is 16.4. The summed E-state index contributed by atoms with van der Waals surface area (Å²) >= 11 is 0. The van der Waals surface area contributed by atoms with Crippen molar-refractivity contribution in [1.29, 1.82) is 0 Å². The summed E-state index contributed by atoms with van der Waals surface area (Å²) in [4.78, 5) is 37.6. The van der Waals surface area contributed by atoms with Crippen molar-refractivity contribution in [1.82, 2.24) is 0 Å². The van der Waals surface area contributed by atoms with Crippen molar-refractivity contribution < 1.29 is 39.2 Å². The largest absolute Gasteiger partial charge is 0.508 e. The standard InChI is InChI=1S/C26H16O10/c27-13-5-7-15-17(9-13)35-25(33)20(22(15)29)19(11-1-3-12(4-2-11)24(31)32)21-23(30)16-8-6-14(28)10-18(16)36-26(21)34/h1-10,19,27-30H,(H,31,32). The van der Waals surface area contributed by atoms with E-state index in [-0.39, 0.29) is 44.6 Å². The fourth-order valence-corrected chi connectivity index (χ4v) is 4.18. The molecule has 36 heavy (non-hydrogen) atoms. The van der Waals surface area contributed by atoms with Crippen LogP contribution < -0.4 is 11.3 Å². The molecule has 0 aliphatic heterocycles. The first-order valence-corrected chi connectivity index (χ1v) is 10.5. The number of phenols is 2. The molecule has 0 radical (unpaired) electrons. The van der Waals surface area contributed by atoms with E-state index in [2.05, 4.69) is 0 Å². The molecule has 0 bridgehead atoms. The minimum atomic E-state index is -1.45. The highest BCUT2D eigenvalue weighted by molar-refractivity contribution is 5.89. The van der Waals surface area contributed by atoms with Crippen LogP contribution in [0.2, 0.25) is 0 Å². The first-order valence-electron chi connectivity index (χ1n) is 10.5. The Hall–Kier alpha value is -5.25. The summed E-state index contributed by atoms with van der Waals surface area (Å²) in [6.07, 6.45) is 0. The molecule has 0 aliphatic rings. The molecule has 0 aliphatic carbocycles. The third-order valence-corrected chi connectivity index (χ3v) is 5.86. The Kier molecular flexibility index (Phi) is 5.14. The third kappa shape index (κ3) is 3.57. The monoisotopic (exact) mass is 488 g/mol. The molecule has 5 aromatic rings. The summed E-state index contributed by atoms with van der Waals surface area (Å²) in [5.41, 5.74) is -3.12. The van der Waals surface area contributed by atoms with E-state index < -0.39 is 45.8 Å². The Morgan fingerprint density at radius 2 is 1.11 bits per heavy atom. The number of hydrogen-bond acceptors (Lipinski definition) is 9. The van der Waals surface area contributed by atoms with Crippen LogP contribution in [0.15, 0.2) is 79.1 Å². The van der Waals surface area contributed by atoms with Gasteiger partial charge in [-0.2, -0.15) is 0 Å². The Labute approximate surface area is 200 Å². The van der Waals surface area contributed by atoms with Crippen molar-refractivity contribution in [2.45, 2.75) is 5.92 Å². The van der Waals surface area contributed by atoms with Crippen LogP contribution in [0, 0.1) is 0 Å². The molecule has 0 amide bonds. The molecular formula is C26H16O10. The maximum absolute atomic E-state index is 13.1. The maximum atomic E-state index is 13.1. The lowest BCUT2D eigenvalue weighted by Crippen LogP contribution is -2.21. The van der Waals surface area contributed by atoms with Crippen molar-refractivity contribution in [2.24, 2.45) is 0 Å². The topological polar surface area (TPSA) is 179 Å². The van der Waals surface area contributed by atoms with Gasteiger partial charge in [0.15, 0.2) is 0 Å². The molecule has 0 saturated heterocycles. The van der Waals surface area contributed by atoms with E-state index in [0.717, 1.165) is 12.1 Å². The first kappa shape index (κ1) is 22.5. The average molecular weight is 488 g/mol. The summed E-state index contributed by atoms with van der Waals surface area (Å²) in [5, 5.41) is 51.0. The van der Waals surface area contributed by atoms with Gasteiger partial charge in [-0.3, -0.25) is 0 Å². The van der Waals surface area contributed by atoms with Crippen LogP contribution in [0.25, 0.3) is 21.9 Å². The van der Waals surface area contributed by atoms with E-state index in [9.17, 15) is 39.9 Å². The van der Waals surface area contributed by atoms with Crippen LogP contribution in [0.4, 0.5) is 0 Å². The zero-order valence-corrected chi connectivity index (χ0v) is 18.1. The summed E-state index contributed by atoms with van der Waals surface area (Å²) in [6, 6.07) is 12.5. The molecule has 0 saturated carbocycles. The van der Waals surface area contributed by atoms with Gasteiger partial charge in [-0.25, -0.2) is 14.4 Å². The normalized spacial score (nSPS) is 11.4. The molecule has 10 heteroatoms. The molecule has 10 nitrogen and oxygen atoms in total. The van der Waals surface area contributed by atoms with Crippen molar-refractivity contribution in [3.05, 3.63) is 104 Å². The van der Waals surface area contributed by atoms with Gasteiger partial charge in [0.2, 0.25) is 0 Å². The highest BCUT2D eigenvalue weighted by Gasteiger charge is 2.32. The number of carbonyl (C=O) groups is 1. The predicted octanol–water partition coefficient (Wildman–Crippen LogP) is 3.60. The van der Waals surface area contributed by atoms with Gasteiger partial charge in [-0.1, -0.05) is 12.1 Å². The van der Waals surface area contributed by atoms with Crippen molar-refractivity contribution in [2.75, 3.05) is 0 Å². The van der Waals surface area contributed by atoms with E-state index in [1.807, 2.05) is 0 Å². The molecule has 0 spiro atoms. The van der Waals surface area contributed by atoms with Crippen molar-refractivity contribution in [3.63, 3.8) is 0 Å². The summed E-state index contributed by atoms with van der Waals surface area (Å²) in [6.45, 7) is 0. The number of benzene rings is 3. The quantitative estimate of drug-likeness (QED) is 0.235. The molecule has 5 rings (SSSR count). The molecule has 0 fully saturated rings. The molecule has 2 aromatic heterocycles. The molecule has 5 N–H and O–H groups in total. The Bertz CT molecular complexity index is 1690. The number of carboxylic acid groups (broad SMARTS) is 1.